The standard InChI is InChI=1S/C15H17F2NO3/c1-2-12(10-3-5-11(16)6-4-10)13(19)18-8-7-15(17,9-18)14(20)21/h3-6,12H,2,7-9H2,1H3,(H,20,21). The molecule has 1 fully saturated rings. The van der Waals surface area contributed by atoms with E-state index in [0.717, 1.165) is 0 Å². The highest BCUT2D eigenvalue weighted by Gasteiger charge is 2.47. The van der Waals surface area contributed by atoms with Crippen molar-refractivity contribution < 1.29 is 23.5 Å². The second-order valence-electron chi connectivity index (χ2n) is 5.29. The van der Waals surface area contributed by atoms with Crippen molar-refractivity contribution in [3.05, 3.63) is 35.6 Å². The minimum Gasteiger partial charge on any atom is -0.479 e. The van der Waals surface area contributed by atoms with Crippen LogP contribution in [0.3, 0.4) is 0 Å². The number of hydrogen-bond donors (Lipinski definition) is 1. The van der Waals surface area contributed by atoms with Crippen LogP contribution in [0.2, 0.25) is 0 Å². The van der Waals surface area contributed by atoms with Gasteiger partial charge in [0.05, 0.1) is 12.5 Å². The zero-order valence-electron chi connectivity index (χ0n) is 11.7. The van der Waals surface area contributed by atoms with Crippen molar-refractivity contribution in [3.63, 3.8) is 0 Å². The molecule has 0 aliphatic carbocycles. The van der Waals surface area contributed by atoms with E-state index in [0.29, 0.717) is 12.0 Å². The molecule has 0 aromatic heterocycles. The number of carbonyl (C=O) groups is 2. The third-order valence-corrected chi connectivity index (χ3v) is 3.89. The van der Waals surface area contributed by atoms with Crippen LogP contribution in [-0.2, 0) is 9.59 Å². The smallest absolute Gasteiger partial charge is 0.343 e. The Morgan fingerprint density at radius 2 is 2.00 bits per heavy atom. The molecule has 4 nitrogen and oxygen atoms in total. The molecule has 21 heavy (non-hydrogen) atoms. The highest BCUT2D eigenvalue weighted by molar-refractivity contribution is 5.86. The van der Waals surface area contributed by atoms with Gasteiger partial charge in [-0.1, -0.05) is 19.1 Å². The number of halogens is 2. The number of carbonyl (C=O) groups excluding carboxylic acids is 1. The highest BCUT2D eigenvalue weighted by Crippen LogP contribution is 2.30. The maximum Gasteiger partial charge on any atom is 0.343 e. The minimum atomic E-state index is -2.36. The van der Waals surface area contributed by atoms with E-state index in [-0.39, 0.29) is 18.9 Å². The fraction of sp³-hybridized carbons (Fsp3) is 0.467. The van der Waals surface area contributed by atoms with Crippen molar-refractivity contribution in [1.82, 2.24) is 4.90 Å². The van der Waals surface area contributed by atoms with E-state index >= 15 is 0 Å². The maximum absolute atomic E-state index is 14.0. The predicted octanol–water partition coefficient (Wildman–Crippen LogP) is 2.34. The molecule has 2 unspecified atom stereocenters. The second-order valence-corrected chi connectivity index (χ2v) is 5.29. The number of hydrogen-bond acceptors (Lipinski definition) is 2. The molecule has 2 atom stereocenters. The molecule has 1 heterocycles. The predicted molar refractivity (Wildman–Crippen MR) is 72.1 cm³/mol. The van der Waals surface area contributed by atoms with Crippen molar-refractivity contribution in [1.29, 1.82) is 0 Å². The van der Waals surface area contributed by atoms with Gasteiger partial charge in [-0.15, -0.1) is 0 Å². The summed E-state index contributed by atoms with van der Waals surface area (Å²) in [6, 6.07) is 5.59. The normalized spacial score (nSPS) is 23.1. The molecule has 114 valence electrons. The number of amides is 1. The average molecular weight is 297 g/mol. The lowest BCUT2D eigenvalue weighted by molar-refractivity contribution is -0.150. The van der Waals surface area contributed by atoms with Crippen molar-refractivity contribution in [2.24, 2.45) is 0 Å². The molecule has 0 saturated carbocycles. The topological polar surface area (TPSA) is 57.6 Å². The Balaban J connectivity index is 2.15. The quantitative estimate of drug-likeness (QED) is 0.928. The summed E-state index contributed by atoms with van der Waals surface area (Å²) in [6.45, 7) is 1.46. The van der Waals surface area contributed by atoms with Gasteiger partial charge in [0, 0.05) is 13.0 Å². The van der Waals surface area contributed by atoms with Crippen LogP contribution in [0, 0.1) is 5.82 Å². The molecule has 0 radical (unpaired) electrons. The van der Waals surface area contributed by atoms with Crippen LogP contribution in [0.1, 0.15) is 31.2 Å². The Morgan fingerprint density at radius 1 is 1.38 bits per heavy atom. The Bertz CT molecular complexity index is 546. The van der Waals surface area contributed by atoms with Crippen LogP contribution in [-0.4, -0.2) is 40.6 Å². The van der Waals surface area contributed by atoms with E-state index in [2.05, 4.69) is 0 Å². The number of rotatable bonds is 4. The molecule has 1 saturated heterocycles. The summed E-state index contributed by atoms with van der Waals surface area (Å²) < 4.78 is 27.0. The van der Waals surface area contributed by atoms with Gasteiger partial charge in [-0.25, -0.2) is 13.6 Å². The molecule has 0 bridgehead atoms. The minimum absolute atomic E-state index is 0.0827. The first-order valence-corrected chi connectivity index (χ1v) is 6.84. The largest absolute Gasteiger partial charge is 0.479 e. The Hall–Kier alpha value is -1.98. The van der Waals surface area contributed by atoms with E-state index in [4.69, 9.17) is 5.11 Å². The summed E-state index contributed by atoms with van der Waals surface area (Å²) in [7, 11) is 0. The van der Waals surface area contributed by atoms with Gasteiger partial charge in [-0.3, -0.25) is 4.79 Å². The van der Waals surface area contributed by atoms with Crippen LogP contribution < -0.4 is 0 Å². The van der Waals surface area contributed by atoms with Gasteiger partial charge in [0.1, 0.15) is 5.82 Å². The van der Waals surface area contributed by atoms with Gasteiger partial charge < -0.3 is 10.0 Å². The van der Waals surface area contributed by atoms with Gasteiger partial charge in [0.25, 0.3) is 0 Å². The van der Waals surface area contributed by atoms with E-state index in [1.54, 1.807) is 0 Å². The first-order valence-electron chi connectivity index (χ1n) is 6.84. The van der Waals surface area contributed by atoms with Gasteiger partial charge >= 0.3 is 5.97 Å². The first-order chi connectivity index (χ1) is 9.87. The van der Waals surface area contributed by atoms with Crippen LogP contribution in [0.15, 0.2) is 24.3 Å². The molecule has 1 aliphatic heterocycles. The van der Waals surface area contributed by atoms with E-state index < -0.39 is 29.9 Å². The maximum atomic E-state index is 14.0. The number of benzene rings is 1. The van der Waals surface area contributed by atoms with E-state index in [1.165, 1.54) is 29.2 Å². The zero-order valence-corrected chi connectivity index (χ0v) is 11.7. The van der Waals surface area contributed by atoms with Crippen molar-refractivity contribution in [3.8, 4) is 0 Å². The molecule has 1 aromatic carbocycles. The third kappa shape index (κ3) is 3.04. The first kappa shape index (κ1) is 15.4. The molecule has 2 rings (SSSR count). The summed E-state index contributed by atoms with van der Waals surface area (Å²) in [6.07, 6.45) is 0.279. The average Bonchev–Trinajstić information content (AvgIpc) is 2.86. The summed E-state index contributed by atoms with van der Waals surface area (Å²) >= 11 is 0. The van der Waals surface area contributed by atoms with Crippen molar-refractivity contribution in [2.45, 2.75) is 31.4 Å². The van der Waals surface area contributed by atoms with Crippen LogP contribution in [0.5, 0.6) is 0 Å². The number of aliphatic carboxylic acids is 1. The molecule has 0 spiro atoms. The number of alkyl halides is 1. The number of carboxylic acid groups (broad SMARTS) is 1. The molecule has 1 N–H and O–H groups in total. The summed E-state index contributed by atoms with van der Waals surface area (Å²) in [5.74, 6) is -2.75. The van der Waals surface area contributed by atoms with Crippen LogP contribution >= 0.6 is 0 Å². The van der Waals surface area contributed by atoms with Crippen LogP contribution in [0.4, 0.5) is 8.78 Å². The summed E-state index contributed by atoms with van der Waals surface area (Å²) in [4.78, 5) is 24.6. The third-order valence-electron chi connectivity index (χ3n) is 3.89. The number of carboxylic acids is 1. The number of likely N-dealkylation sites (tertiary alicyclic amines) is 1. The lowest BCUT2D eigenvalue weighted by atomic mass is 9.95. The molecule has 1 amide bonds. The fourth-order valence-electron chi connectivity index (χ4n) is 2.60. The van der Waals surface area contributed by atoms with Crippen molar-refractivity contribution in [2.75, 3.05) is 13.1 Å². The Morgan fingerprint density at radius 3 is 2.48 bits per heavy atom. The zero-order chi connectivity index (χ0) is 15.6. The Labute approximate surface area is 121 Å². The fourth-order valence-corrected chi connectivity index (χ4v) is 2.60. The summed E-state index contributed by atoms with van der Waals surface area (Å²) in [5.41, 5.74) is -1.72. The molecule has 6 heteroatoms. The van der Waals surface area contributed by atoms with Crippen LogP contribution in [0.25, 0.3) is 0 Å². The SMILES string of the molecule is CCC(C(=O)N1CCC(F)(C(=O)O)C1)c1ccc(F)cc1. The second kappa shape index (κ2) is 5.79. The molecular formula is C15H17F2NO3. The highest BCUT2D eigenvalue weighted by atomic mass is 19.1. The van der Waals surface area contributed by atoms with Gasteiger partial charge in [-0.05, 0) is 24.1 Å². The van der Waals surface area contributed by atoms with Crippen molar-refractivity contribution >= 4 is 11.9 Å². The monoisotopic (exact) mass is 297 g/mol. The van der Waals surface area contributed by atoms with E-state index in [9.17, 15) is 18.4 Å². The Kier molecular flexibility index (Phi) is 4.25. The molecule has 1 aromatic rings. The van der Waals surface area contributed by atoms with Gasteiger partial charge in [0.15, 0.2) is 0 Å². The van der Waals surface area contributed by atoms with E-state index in [1.807, 2.05) is 6.92 Å². The number of nitrogens with zero attached hydrogens (tertiary/aromatic N) is 1. The lowest BCUT2D eigenvalue weighted by Gasteiger charge is -2.23. The van der Waals surface area contributed by atoms with Gasteiger partial charge in [0.2, 0.25) is 11.6 Å². The van der Waals surface area contributed by atoms with Gasteiger partial charge in [-0.2, -0.15) is 0 Å². The lowest BCUT2D eigenvalue weighted by Crippen LogP contribution is -2.40. The molecule has 1 aliphatic rings. The molecular weight excluding hydrogens is 280 g/mol. The summed E-state index contributed by atoms with van der Waals surface area (Å²) in [5, 5.41) is 8.86.